The predicted molar refractivity (Wildman–Crippen MR) is 157 cm³/mol. The molecule has 4 N–H and O–H groups in total. The first-order valence-electron chi connectivity index (χ1n) is 15.2. The highest BCUT2D eigenvalue weighted by molar-refractivity contribution is 6.01. The van der Waals surface area contributed by atoms with Gasteiger partial charge in [-0.25, -0.2) is 4.79 Å². The van der Waals surface area contributed by atoms with Gasteiger partial charge in [0, 0.05) is 43.0 Å². The molecule has 0 spiro atoms. The highest BCUT2D eigenvalue weighted by atomic mass is 16.5. The van der Waals surface area contributed by atoms with Gasteiger partial charge in [-0.3, -0.25) is 14.9 Å². The van der Waals surface area contributed by atoms with E-state index in [4.69, 9.17) is 4.74 Å². The Labute approximate surface area is 241 Å². The van der Waals surface area contributed by atoms with Gasteiger partial charge in [0.1, 0.15) is 12.6 Å². The molecule has 4 fully saturated rings. The highest BCUT2D eigenvalue weighted by Gasteiger charge is 2.44. The SMILES string of the molecule is O=C1CC[C@H](Nc2ccc(N3CCC(C[C@@H]4NC[C@H]5C[C@H](NC(=O)OCc6ccccc6)C[C@@H]54)CC3)cc2)C(=O)N1. The van der Waals surface area contributed by atoms with Crippen LogP contribution in [0.2, 0.25) is 0 Å². The van der Waals surface area contributed by atoms with Crippen molar-refractivity contribution < 1.29 is 19.1 Å². The van der Waals surface area contributed by atoms with Gasteiger partial charge in [0.2, 0.25) is 11.8 Å². The Hall–Kier alpha value is -3.59. The monoisotopic (exact) mass is 559 g/mol. The molecule has 9 nitrogen and oxygen atoms in total. The summed E-state index contributed by atoms with van der Waals surface area (Å²) in [7, 11) is 0. The van der Waals surface area contributed by atoms with Crippen LogP contribution in [0.15, 0.2) is 54.6 Å². The number of nitrogens with zero attached hydrogens (tertiary/aromatic N) is 1. The van der Waals surface area contributed by atoms with Crippen molar-refractivity contribution in [3.05, 3.63) is 60.2 Å². The van der Waals surface area contributed by atoms with E-state index in [9.17, 15) is 14.4 Å². The van der Waals surface area contributed by atoms with Crippen molar-refractivity contribution in [3.8, 4) is 0 Å². The summed E-state index contributed by atoms with van der Waals surface area (Å²) in [5, 5.41) is 12.6. The third-order valence-corrected chi connectivity index (χ3v) is 9.46. The van der Waals surface area contributed by atoms with E-state index in [1.165, 1.54) is 24.9 Å². The minimum absolute atomic E-state index is 0.198. The minimum Gasteiger partial charge on any atom is -0.445 e. The number of rotatable bonds is 8. The lowest BCUT2D eigenvalue weighted by Gasteiger charge is -2.35. The molecular formula is C32H41N5O4. The molecule has 4 aliphatic rings. The summed E-state index contributed by atoms with van der Waals surface area (Å²) in [6.45, 7) is 3.44. The molecule has 0 bridgehead atoms. The zero-order chi connectivity index (χ0) is 28.2. The summed E-state index contributed by atoms with van der Waals surface area (Å²) < 4.78 is 5.45. The lowest BCUT2D eigenvalue weighted by Crippen LogP contribution is -2.47. The van der Waals surface area contributed by atoms with E-state index >= 15 is 0 Å². The second-order valence-corrected chi connectivity index (χ2v) is 12.2. The standard InChI is InChI=1S/C32H41N5O4/c38-30-11-10-28(31(39)36-30)34-24-6-8-26(9-7-24)37-14-12-21(13-15-37)16-29-27-18-25(17-23(27)19-33-29)35-32(40)41-20-22-4-2-1-3-5-22/h1-9,21,23,25,27-29,33-34H,10-20H2,(H,35,40)(H,36,38,39)/t23-,25+,27+,28+,29+/m1/s1. The van der Waals surface area contributed by atoms with E-state index in [0.29, 0.717) is 43.2 Å². The molecule has 218 valence electrons. The maximum absolute atomic E-state index is 12.4. The van der Waals surface area contributed by atoms with Crippen LogP contribution in [-0.2, 0) is 20.9 Å². The Morgan fingerprint density at radius 3 is 2.51 bits per heavy atom. The smallest absolute Gasteiger partial charge is 0.407 e. The molecule has 3 heterocycles. The van der Waals surface area contributed by atoms with Gasteiger partial charge in [0.25, 0.3) is 0 Å². The number of hydrogen-bond donors (Lipinski definition) is 4. The fourth-order valence-corrected chi connectivity index (χ4v) is 7.23. The molecule has 41 heavy (non-hydrogen) atoms. The number of imide groups is 1. The van der Waals surface area contributed by atoms with Crippen molar-refractivity contribution in [2.45, 2.75) is 69.7 Å². The average molecular weight is 560 g/mol. The van der Waals surface area contributed by atoms with Gasteiger partial charge in [-0.05, 0) is 92.7 Å². The second kappa shape index (κ2) is 12.5. The number of ether oxygens (including phenoxy) is 1. The van der Waals surface area contributed by atoms with Crippen LogP contribution in [0.25, 0.3) is 0 Å². The topological polar surface area (TPSA) is 112 Å². The van der Waals surface area contributed by atoms with Crippen molar-refractivity contribution in [2.24, 2.45) is 17.8 Å². The van der Waals surface area contributed by atoms with Crippen LogP contribution in [0.4, 0.5) is 16.2 Å². The summed E-state index contributed by atoms with van der Waals surface area (Å²) in [6, 6.07) is 18.4. The van der Waals surface area contributed by atoms with Crippen molar-refractivity contribution >= 4 is 29.3 Å². The maximum Gasteiger partial charge on any atom is 0.407 e. The highest BCUT2D eigenvalue weighted by Crippen LogP contribution is 2.41. The molecular weight excluding hydrogens is 518 g/mol. The van der Waals surface area contributed by atoms with Gasteiger partial charge in [0.15, 0.2) is 0 Å². The molecule has 1 aliphatic carbocycles. The van der Waals surface area contributed by atoms with Crippen molar-refractivity contribution in [1.29, 1.82) is 0 Å². The summed E-state index contributed by atoms with van der Waals surface area (Å²) >= 11 is 0. The number of carbonyl (C=O) groups excluding carboxylic acids is 3. The zero-order valence-electron chi connectivity index (χ0n) is 23.5. The molecule has 3 aliphatic heterocycles. The summed E-state index contributed by atoms with van der Waals surface area (Å²) in [6.07, 6.45) is 6.21. The summed E-state index contributed by atoms with van der Waals surface area (Å²) in [5.41, 5.74) is 3.11. The first-order valence-corrected chi connectivity index (χ1v) is 15.2. The van der Waals surface area contributed by atoms with E-state index < -0.39 is 0 Å². The number of alkyl carbamates (subject to hydrolysis) is 1. The number of carbonyl (C=O) groups is 3. The summed E-state index contributed by atoms with van der Waals surface area (Å²) in [4.78, 5) is 38.3. The van der Waals surface area contributed by atoms with Crippen molar-refractivity contribution in [1.82, 2.24) is 16.0 Å². The Balaban J connectivity index is 0.923. The molecule has 0 aromatic heterocycles. The second-order valence-electron chi connectivity index (χ2n) is 12.2. The van der Waals surface area contributed by atoms with Crippen molar-refractivity contribution in [3.63, 3.8) is 0 Å². The van der Waals surface area contributed by atoms with Gasteiger partial charge >= 0.3 is 6.09 Å². The number of piperidine rings is 2. The van der Waals surface area contributed by atoms with Crippen LogP contribution >= 0.6 is 0 Å². The Morgan fingerprint density at radius 1 is 0.976 bits per heavy atom. The third-order valence-electron chi connectivity index (χ3n) is 9.46. The van der Waals surface area contributed by atoms with Gasteiger partial charge in [-0.15, -0.1) is 0 Å². The lowest BCUT2D eigenvalue weighted by atomic mass is 9.84. The number of fused-ring (bicyclic) bond motifs is 1. The van der Waals surface area contributed by atoms with E-state index in [0.717, 1.165) is 43.7 Å². The largest absolute Gasteiger partial charge is 0.445 e. The van der Waals surface area contributed by atoms with Gasteiger partial charge in [-0.1, -0.05) is 30.3 Å². The van der Waals surface area contributed by atoms with E-state index in [1.54, 1.807) is 0 Å². The molecule has 1 saturated carbocycles. The molecule has 2 aromatic carbocycles. The third kappa shape index (κ3) is 6.84. The van der Waals surface area contributed by atoms with Crippen LogP contribution < -0.4 is 26.2 Å². The lowest BCUT2D eigenvalue weighted by molar-refractivity contribution is -0.133. The Kier molecular flexibility index (Phi) is 8.41. The summed E-state index contributed by atoms with van der Waals surface area (Å²) in [5.74, 6) is 1.51. The van der Waals surface area contributed by atoms with Crippen LogP contribution in [0.5, 0.6) is 0 Å². The maximum atomic E-state index is 12.4. The molecule has 0 unspecified atom stereocenters. The molecule has 6 rings (SSSR count). The first kappa shape index (κ1) is 27.6. The van der Waals surface area contributed by atoms with E-state index in [1.807, 2.05) is 42.5 Å². The molecule has 3 saturated heterocycles. The Bertz CT molecular complexity index is 1210. The fourth-order valence-electron chi connectivity index (χ4n) is 7.23. The van der Waals surface area contributed by atoms with Crippen molar-refractivity contribution in [2.75, 3.05) is 29.9 Å². The van der Waals surface area contributed by atoms with Gasteiger partial charge < -0.3 is 25.6 Å². The van der Waals surface area contributed by atoms with E-state index in [2.05, 4.69) is 38.3 Å². The zero-order valence-corrected chi connectivity index (χ0v) is 23.5. The molecule has 0 radical (unpaired) electrons. The molecule has 3 amide bonds. The van der Waals surface area contributed by atoms with Gasteiger partial charge in [0.05, 0.1) is 0 Å². The number of anilines is 2. The minimum atomic E-state index is -0.363. The predicted octanol–water partition coefficient (Wildman–Crippen LogP) is 3.80. The number of benzene rings is 2. The molecule has 5 atom stereocenters. The number of hydrogen-bond acceptors (Lipinski definition) is 7. The van der Waals surface area contributed by atoms with Crippen LogP contribution in [0.3, 0.4) is 0 Å². The molecule has 2 aromatic rings. The number of amides is 3. The Morgan fingerprint density at radius 2 is 1.76 bits per heavy atom. The van der Waals surface area contributed by atoms with Crippen LogP contribution in [-0.4, -0.2) is 55.7 Å². The van der Waals surface area contributed by atoms with Crippen LogP contribution in [0, 0.1) is 17.8 Å². The first-order chi connectivity index (χ1) is 20.0. The quantitative estimate of drug-likeness (QED) is 0.364. The van der Waals surface area contributed by atoms with Gasteiger partial charge in [-0.2, -0.15) is 0 Å². The molecule has 9 heteroatoms. The fraction of sp³-hybridized carbons (Fsp3) is 0.531. The number of nitrogens with one attached hydrogen (secondary N) is 4. The van der Waals surface area contributed by atoms with E-state index in [-0.39, 0.29) is 30.0 Å². The van der Waals surface area contributed by atoms with Crippen LogP contribution in [0.1, 0.15) is 50.5 Å². The normalized spacial score (nSPS) is 28.2. The average Bonchev–Trinajstić information content (AvgIpc) is 3.55.